The molecule has 1 saturated carbocycles. The van der Waals surface area contributed by atoms with Crippen LogP contribution < -0.4 is 5.32 Å². The number of carbonyl (C=O) groups is 1. The fourth-order valence-corrected chi connectivity index (χ4v) is 5.25. The molecule has 7 heteroatoms. The predicted octanol–water partition coefficient (Wildman–Crippen LogP) is 1.60. The molecule has 1 atom stereocenters. The summed E-state index contributed by atoms with van der Waals surface area (Å²) in [5.41, 5.74) is 2.26. The Kier molecular flexibility index (Phi) is 3.49. The van der Waals surface area contributed by atoms with Crippen molar-refractivity contribution in [2.45, 2.75) is 29.6 Å². The molecule has 1 aromatic carbocycles. The van der Waals surface area contributed by atoms with Gasteiger partial charge in [0.15, 0.2) is 9.84 Å². The summed E-state index contributed by atoms with van der Waals surface area (Å²) in [6, 6.07) is 7.03. The molecule has 2 aliphatic rings. The van der Waals surface area contributed by atoms with Crippen molar-refractivity contribution < 1.29 is 13.2 Å². The van der Waals surface area contributed by atoms with Gasteiger partial charge in [0.1, 0.15) is 0 Å². The lowest BCUT2D eigenvalue weighted by atomic mass is 10.0. The molecule has 0 radical (unpaired) electrons. The van der Waals surface area contributed by atoms with Crippen LogP contribution in [0.25, 0.3) is 0 Å². The summed E-state index contributed by atoms with van der Waals surface area (Å²) in [5, 5.41) is 7.29. The molecule has 1 fully saturated rings. The summed E-state index contributed by atoms with van der Waals surface area (Å²) < 4.78 is 26.1. The number of hydrogen-bond donors (Lipinski definition) is 1. The first-order valence-electron chi connectivity index (χ1n) is 8.09. The monoisotopic (exact) mass is 345 g/mol. The van der Waals surface area contributed by atoms with Crippen LogP contribution in [0.1, 0.15) is 46.3 Å². The van der Waals surface area contributed by atoms with E-state index in [0.29, 0.717) is 22.9 Å². The highest BCUT2D eigenvalue weighted by molar-refractivity contribution is 7.91. The SMILES string of the molecule is Cn1cc(C(=O)NCC2CS(=O)(=O)c3ccccc32)c(C2CC2)n1. The number of hydrogen-bond acceptors (Lipinski definition) is 4. The molecule has 126 valence electrons. The van der Waals surface area contributed by atoms with Gasteiger partial charge in [-0.2, -0.15) is 5.10 Å². The molecule has 1 aliphatic heterocycles. The van der Waals surface area contributed by atoms with Gasteiger partial charge in [0.25, 0.3) is 5.91 Å². The van der Waals surface area contributed by atoms with Crippen LogP contribution in [0.2, 0.25) is 0 Å². The summed E-state index contributed by atoms with van der Waals surface area (Å²) in [7, 11) is -1.43. The second-order valence-electron chi connectivity index (χ2n) is 6.60. The first-order valence-corrected chi connectivity index (χ1v) is 9.74. The molecule has 4 rings (SSSR count). The van der Waals surface area contributed by atoms with Crippen LogP contribution in [0.4, 0.5) is 0 Å². The predicted molar refractivity (Wildman–Crippen MR) is 88.8 cm³/mol. The summed E-state index contributed by atoms with van der Waals surface area (Å²) in [6.07, 6.45) is 3.89. The maximum Gasteiger partial charge on any atom is 0.254 e. The molecule has 1 amide bonds. The van der Waals surface area contributed by atoms with E-state index in [4.69, 9.17) is 0 Å². The van der Waals surface area contributed by atoms with E-state index in [1.807, 2.05) is 19.2 Å². The third-order valence-corrected chi connectivity index (χ3v) is 6.57. The maximum absolute atomic E-state index is 12.5. The summed E-state index contributed by atoms with van der Waals surface area (Å²) in [5.74, 6) is 0.0670. The molecular weight excluding hydrogens is 326 g/mol. The van der Waals surface area contributed by atoms with Crippen LogP contribution in [0.3, 0.4) is 0 Å². The summed E-state index contributed by atoms with van der Waals surface area (Å²) >= 11 is 0. The smallest absolute Gasteiger partial charge is 0.254 e. The molecule has 2 aromatic rings. The standard InChI is InChI=1S/C17H19N3O3S/c1-20-9-14(16(19-20)11-6-7-11)17(21)18-8-12-10-24(22,23)15-5-3-2-4-13(12)15/h2-5,9,11-12H,6-8,10H2,1H3,(H,18,21). The van der Waals surface area contributed by atoms with Gasteiger partial charge in [-0.3, -0.25) is 9.48 Å². The van der Waals surface area contributed by atoms with Crippen LogP contribution in [-0.2, 0) is 16.9 Å². The van der Waals surface area contributed by atoms with Crippen molar-refractivity contribution in [3.05, 3.63) is 47.3 Å². The van der Waals surface area contributed by atoms with E-state index in [-0.39, 0.29) is 17.6 Å². The lowest BCUT2D eigenvalue weighted by Gasteiger charge is -2.11. The van der Waals surface area contributed by atoms with Crippen molar-refractivity contribution >= 4 is 15.7 Å². The third kappa shape index (κ3) is 2.62. The van der Waals surface area contributed by atoms with Gasteiger partial charge in [-0.1, -0.05) is 18.2 Å². The molecule has 2 heterocycles. The van der Waals surface area contributed by atoms with Gasteiger partial charge in [-0.25, -0.2) is 8.42 Å². The van der Waals surface area contributed by atoms with E-state index in [9.17, 15) is 13.2 Å². The Balaban J connectivity index is 1.51. The number of sulfone groups is 1. The third-order valence-electron chi connectivity index (χ3n) is 4.69. The highest BCUT2D eigenvalue weighted by Crippen LogP contribution is 2.40. The van der Waals surface area contributed by atoms with Crippen LogP contribution in [0.15, 0.2) is 35.4 Å². The number of nitrogens with one attached hydrogen (secondary N) is 1. The number of aromatic nitrogens is 2. The van der Waals surface area contributed by atoms with Gasteiger partial charge in [0, 0.05) is 31.6 Å². The Labute approximate surface area is 140 Å². The number of aryl methyl sites for hydroxylation is 1. The molecule has 24 heavy (non-hydrogen) atoms. The van der Waals surface area contributed by atoms with E-state index in [1.165, 1.54) is 0 Å². The Morgan fingerprint density at radius 1 is 1.33 bits per heavy atom. The lowest BCUT2D eigenvalue weighted by Crippen LogP contribution is -2.29. The maximum atomic E-state index is 12.5. The van der Waals surface area contributed by atoms with Gasteiger partial charge in [0.2, 0.25) is 0 Å². The zero-order chi connectivity index (χ0) is 16.9. The van der Waals surface area contributed by atoms with Crippen molar-refractivity contribution in [2.24, 2.45) is 7.05 Å². The number of nitrogens with zero attached hydrogens (tertiary/aromatic N) is 2. The van der Waals surface area contributed by atoms with Gasteiger partial charge < -0.3 is 5.32 Å². The Hall–Kier alpha value is -2.15. The molecule has 1 aromatic heterocycles. The van der Waals surface area contributed by atoms with Crippen LogP contribution in [-0.4, -0.2) is 36.4 Å². The topological polar surface area (TPSA) is 81.1 Å². The molecule has 6 nitrogen and oxygen atoms in total. The largest absolute Gasteiger partial charge is 0.351 e. The molecule has 0 spiro atoms. The van der Waals surface area contributed by atoms with Crippen molar-refractivity contribution in [3.63, 3.8) is 0 Å². The van der Waals surface area contributed by atoms with Crippen LogP contribution in [0, 0.1) is 0 Å². The molecule has 1 unspecified atom stereocenters. The quantitative estimate of drug-likeness (QED) is 0.913. The van der Waals surface area contributed by atoms with Crippen LogP contribution >= 0.6 is 0 Å². The molecular formula is C17H19N3O3S. The van der Waals surface area contributed by atoms with E-state index in [0.717, 1.165) is 24.1 Å². The lowest BCUT2D eigenvalue weighted by molar-refractivity contribution is 0.0950. The zero-order valence-electron chi connectivity index (χ0n) is 13.4. The normalized spacial score (nSPS) is 21.5. The molecule has 1 aliphatic carbocycles. The van der Waals surface area contributed by atoms with E-state index in [2.05, 4.69) is 10.4 Å². The van der Waals surface area contributed by atoms with Gasteiger partial charge in [0.05, 0.1) is 21.9 Å². The number of benzene rings is 1. The summed E-state index contributed by atoms with van der Waals surface area (Å²) in [4.78, 5) is 12.9. The number of carbonyl (C=O) groups excluding carboxylic acids is 1. The van der Waals surface area contributed by atoms with Crippen molar-refractivity contribution in [2.75, 3.05) is 12.3 Å². The van der Waals surface area contributed by atoms with Gasteiger partial charge in [-0.15, -0.1) is 0 Å². The summed E-state index contributed by atoms with van der Waals surface area (Å²) in [6.45, 7) is 0.314. The van der Waals surface area contributed by atoms with E-state index >= 15 is 0 Å². The average Bonchev–Trinajstić information content (AvgIpc) is 3.27. The average molecular weight is 345 g/mol. The fraction of sp³-hybridized carbons (Fsp3) is 0.412. The highest BCUT2D eigenvalue weighted by atomic mass is 32.2. The zero-order valence-corrected chi connectivity index (χ0v) is 14.2. The van der Waals surface area contributed by atoms with Crippen molar-refractivity contribution in [1.82, 2.24) is 15.1 Å². The minimum absolute atomic E-state index is 0.0507. The van der Waals surface area contributed by atoms with Crippen molar-refractivity contribution in [1.29, 1.82) is 0 Å². The molecule has 0 saturated heterocycles. The number of fused-ring (bicyclic) bond motifs is 1. The first kappa shape index (κ1) is 15.4. The Bertz CT molecular complexity index is 913. The number of amides is 1. The molecule has 1 N–H and O–H groups in total. The molecule has 0 bridgehead atoms. The highest BCUT2D eigenvalue weighted by Gasteiger charge is 2.35. The van der Waals surface area contributed by atoms with Gasteiger partial charge >= 0.3 is 0 Å². The Morgan fingerprint density at radius 3 is 2.83 bits per heavy atom. The minimum atomic E-state index is -3.24. The van der Waals surface area contributed by atoms with Crippen LogP contribution in [0.5, 0.6) is 0 Å². The minimum Gasteiger partial charge on any atom is -0.351 e. The van der Waals surface area contributed by atoms with E-state index in [1.54, 1.807) is 23.0 Å². The second kappa shape index (κ2) is 5.44. The first-order chi connectivity index (χ1) is 11.5. The fourth-order valence-electron chi connectivity index (χ4n) is 3.36. The van der Waals surface area contributed by atoms with Crippen molar-refractivity contribution in [3.8, 4) is 0 Å². The Morgan fingerprint density at radius 2 is 2.08 bits per heavy atom. The van der Waals surface area contributed by atoms with Gasteiger partial charge in [-0.05, 0) is 24.5 Å². The van der Waals surface area contributed by atoms with E-state index < -0.39 is 9.84 Å². The number of rotatable bonds is 4. The second-order valence-corrected chi connectivity index (χ2v) is 8.60.